The third-order valence-corrected chi connectivity index (χ3v) is 4.29. The summed E-state index contributed by atoms with van der Waals surface area (Å²) in [6.45, 7) is 2.29. The van der Waals surface area contributed by atoms with Gasteiger partial charge in [-0.2, -0.15) is 0 Å². The number of esters is 1. The Morgan fingerprint density at radius 2 is 1.96 bits per heavy atom. The highest BCUT2D eigenvalue weighted by Gasteiger charge is 2.29. The van der Waals surface area contributed by atoms with E-state index in [1.54, 1.807) is 19.1 Å². The molecule has 1 N–H and O–H groups in total. The Morgan fingerprint density at radius 1 is 1.22 bits per heavy atom. The van der Waals surface area contributed by atoms with E-state index in [-0.39, 0.29) is 23.5 Å². The molecule has 8 heteroatoms. The van der Waals surface area contributed by atoms with E-state index in [9.17, 15) is 14.7 Å². The zero-order valence-corrected chi connectivity index (χ0v) is 15.2. The van der Waals surface area contributed by atoms with E-state index in [1.807, 2.05) is 0 Å². The monoisotopic (exact) mass is 376 g/mol. The second-order valence-electron chi connectivity index (χ2n) is 6.02. The Morgan fingerprint density at radius 3 is 2.63 bits per heavy atom. The molecule has 0 radical (unpaired) electrons. The van der Waals surface area contributed by atoms with Crippen molar-refractivity contribution in [2.75, 3.05) is 27.4 Å². The number of ether oxygens (including phenoxy) is 4. The minimum Gasteiger partial charge on any atom is -0.507 e. The summed E-state index contributed by atoms with van der Waals surface area (Å²) in [6, 6.07) is 4.62. The van der Waals surface area contributed by atoms with Crippen LogP contribution < -0.4 is 19.8 Å². The van der Waals surface area contributed by atoms with Crippen LogP contribution in [0.3, 0.4) is 0 Å². The van der Waals surface area contributed by atoms with Crippen LogP contribution in [0.4, 0.5) is 0 Å². The van der Waals surface area contributed by atoms with E-state index in [1.165, 1.54) is 20.3 Å². The Balaban J connectivity index is 2.18. The number of hydrogen-bond acceptors (Lipinski definition) is 8. The van der Waals surface area contributed by atoms with Crippen LogP contribution in [0.5, 0.6) is 23.0 Å². The third-order valence-electron chi connectivity index (χ3n) is 4.29. The summed E-state index contributed by atoms with van der Waals surface area (Å²) in [4.78, 5) is 24.4. The van der Waals surface area contributed by atoms with Gasteiger partial charge < -0.3 is 28.5 Å². The van der Waals surface area contributed by atoms with Crippen molar-refractivity contribution in [2.24, 2.45) is 0 Å². The number of aromatic hydroxyl groups is 1. The molecule has 0 aliphatic carbocycles. The molecule has 144 valence electrons. The van der Waals surface area contributed by atoms with Gasteiger partial charge in [0, 0.05) is 12.0 Å². The SMILES string of the molecule is COC(=O)C[C@@H](c1cc(OC)c2c(c1)OCCO2)c1c(O)cc(C)oc1=O. The van der Waals surface area contributed by atoms with Crippen molar-refractivity contribution >= 4 is 5.97 Å². The predicted octanol–water partition coefficient (Wildman–Crippen LogP) is 2.13. The number of benzene rings is 1. The Labute approximate surface area is 155 Å². The second kappa shape index (κ2) is 7.61. The lowest BCUT2D eigenvalue weighted by Crippen LogP contribution is -2.20. The lowest BCUT2D eigenvalue weighted by atomic mass is 9.88. The fourth-order valence-corrected chi connectivity index (χ4v) is 3.06. The number of fused-ring (bicyclic) bond motifs is 1. The van der Waals surface area contributed by atoms with Crippen LogP contribution in [-0.4, -0.2) is 38.5 Å². The molecule has 1 aromatic heterocycles. The van der Waals surface area contributed by atoms with E-state index in [2.05, 4.69) is 0 Å². The van der Waals surface area contributed by atoms with Crippen LogP contribution in [0.25, 0.3) is 0 Å². The maximum atomic E-state index is 12.4. The average Bonchev–Trinajstić information content (AvgIpc) is 2.65. The number of methoxy groups -OCH3 is 2. The fourth-order valence-electron chi connectivity index (χ4n) is 3.06. The molecule has 2 aromatic rings. The first-order valence-corrected chi connectivity index (χ1v) is 8.32. The normalized spacial score (nSPS) is 13.7. The molecule has 1 aliphatic rings. The predicted molar refractivity (Wildman–Crippen MR) is 93.8 cm³/mol. The summed E-state index contributed by atoms with van der Waals surface area (Å²) in [5.41, 5.74) is -0.243. The largest absolute Gasteiger partial charge is 0.507 e. The van der Waals surface area contributed by atoms with Gasteiger partial charge in [-0.15, -0.1) is 0 Å². The molecular weight excluding hydrogens is 356 g/mol. The molecule has 0 saturated carbocycles. The summed E-state index contributed by atoms with van der Waals surface area (Å²) in [7, 11) is 2.73. The summed E-state index contributed by atoms with van der Waals surface area (Å²) in [5.74, 6) is -0.0874. The van der Waals surface area contributed by atoms with Crippen molar-refractivity contribution in [3.63, 3.8) is 0 Å². The van der Waals surface area contributed by atoms with Crippen LogP contribution in [0, 0.1) is 6.92 Å². The molecule has 1 aliphatic heterocycles. The summed E-state index contributed by atoms with van der Waals surface area (Å²) in [5, 5.41) is 10.4. The van der Waals surface area contributed by atoms with Crippen molar-refractivity contribution in [3.05, 3.63) is 45.5 Å². The smallest absolute Gasteiger partial charge is 0.343 e. The van der Waals surface area contributed by atoms with Gasteiger partial charge in [0.1, 0.15) is 24.7 Å². The fraction of sp³-hybridized carbons (Fsp3) is 0.368. The Bertz CT molecular complexity index is 897. The standard InChI is InChI=1S/C19H20O8/c1-10-6-13(20)17(19(22)27-10)12(9-16(21)24-3)11-7-14(23-2)18-15(8-11)25-4-5-26-18/h6-8,12,20H,4-5,9H2,1-3H3/t12-/m0/s1. The topological polar surface area (TPSA) is 104 Å². The summed E-state index contributed by atoms with van der Waals surface area (Å²) >= 11 is 0. The Kier molecular flexibility index (Phi) is 5.25. The van der Waals surface area contributed by atoms with Gasteiger partial charge in [-0.1, -0.05) is 0 Å². The molecule has 0 bridgehead atoms. The molecule has 0 saturated heterocycles. The van der Waals surface area contributed by atoms with Crippen LogP contribution in [-0.2, 0) is 9.53 Å². The molecule has 1 aromatic carbocycles. The van der Waals surface area contributed by atoms with Gasteiger partial charge in [0.15, 0.2) is 11.5 Å². The third kappa shape index (κ3) is 3.69. The van der Waals surface area contributed by atoms with Crippen molar-refractivity contribution in [1.82, 2.24) is 0 Å². The number of rotatable bonds is 5. The molecule has 3 rings (SSSR count). The van der Waals surface area contributed by atoms with Crippen molar-refractivity contribution < 1.29 is 33.3 Å². The van der Waals surface area contributed by atoms with Crippen molar-refractivity contribution in [1.29, 1.82) is 0 Å². The first-order chi connectivity index (χ1) is 12.9. The van der Waals surface area contributed by atoms with E-state index >= 15 is 0 Å². The minimum absolute atomic E-state index is 0.0373. The highest BCUT2D eigenvalue weighted by Crippen LogP contribution is 2.44. The quantitative estimate of drug-likeness (QED) is 0.792. The van der Waals surface area contributed by atoms with Gasteiger partial charge in [-0.25, -0.2) is 4.79 Å². The summed E-state index contributed by atoms with van der Waals surface area (Å²) < 4.78 is 26.4. The molecule has 0 amide bonds. The van der Waals surface area contributed by atoms with Gasteiger partial charge in [0.05, 0.1) is 26.2 Å². The number of carbonyl (C=O) groups is 1. The highest BCUT2D eigenvalue weighted by atomic mass is 16.6. The molecule has 27 heavy (non-hydrogen) atoms. The van der Waals surface area contributed by atoms with E-state index in [0.29, 0.717) is 36.0 Å². The van der Waals surface area contributed by atoms with E-state index in [4.69, 9.17) is 23.4 Å². The lowest BCUT2D eigenvalue weighted by molar-refractivity contribution is -0.140. The molecule has 0 unspecified atom stereocenters. The second-order valence-corrected chi connectivity index (χ2v) is 6.02. The maximum absolute atomic E-state index is 12.4. The van der Waals surface area contributed by atoms with Crippen LogP contribution in [0.1, 0.15) is 29.2 Å². The molecule has 1 atom stereocenters. The molecule has 0 spiro atoms. The molecule has 2 heterocycles. The number of carbonyl (C=O) groups excluding carboxylic acids is 1. The van der Waals surface area contributed by atoms with Crippen LogP contribution >= 0.6 is 0 Å². The molecular formula is C19H20O8. The first-order valence-electron chi connectivity index (χ1n) is 8.32. The van der Waals surface area contributed by atoms with Gasteiger partial charge >= 0.3 is 11.6 Å². The highest BCUT2D eigenvalue weighted by molar-refractivity contribution is 5.72. The summed E-state index contributed by atoms with van der Waals surface area (Å²) in [6.07, 6.45) is -0.180. The van der Waals surface area contributed by atoms with E-state index in [0.717, 1.165) is 0 Å². The van der Waals surface area contributed by atoms with Crippen molar-refractivity contribution in [3.8, 4) is 23.0 Å². The zero-order valence-electron chi connectivity index (χ0n) is 15.2. The maximum Gasteiger partial charge on any atom is 0.343 e. The van der Waals surface area contributed by atoms with E-state index < -0.39 is 17.5 Å². The lowest BCUT2D eigenvalue weighted by Gasteiger charge is -2.24. The number of hydrogen-bond donors (Lipinski definition) is 1. The molecule has 8 nitrogen and oxygen atoms in total. The minimum atomic E-state index is -0.820. The van der Waals surface area contributed by atoms with Gasteiger partial charge in [-0.3, -0.25) is 4.79 Å². The number of aryl methyl sites for hydroxylation is 1. The molecule has 0 fully saturated rings. The Hall–Kier alpha value is -3.16. The first kappa shape index (κ1) is 18.6. The zero-order chi connectivity index (χ0) is 19.6. The van der Waals surface area contributed by atoms with Gasteiger partial charge in [-0.05, 0) is 24.6 Å². The van der Waals surface area contributed by atoms with Crippen molar-refractivity contribution in [2.45, 2.75) is 19.3 Å². The van der Waals surface area contributed by atoms with Crippen LogP contribution in [0.15, 0.2) is 27.4 Å². The van der Waals surface area contributed by atoms with Crippen LogP contribution in [0.2, 0.25) is 0 Å². The van der Waals surface area contributed by atoms with Gasteiger partial charge in [0.25, 0.3) is 0 Å². The average molecular weight is 376 g/mol. The van der Waals surface area contributed by atoms with Gasteiger partial charge in [0.2, 0.25) is 5.75 Å².